The number of fused-ring (bicyclic) bond motifs is 1. The Morgan fingerprint density at radius 3 is 2.77 bits per heavy atom. The van der Waals surface area contributed by atoms with Gasteiger partial charge in [0.1, 0.15) is 11.9 Å². The Balaban J connectivity index is 1.61. The van der Waals surface area contributed by atoms with E-state index in [9.17, 15) is 14.6 Å². The van der Waals surface area contributed by atoms with Gasteiger partial charge in [0.05, 0.1) is 18.8 Å². The Bertz CT molecular complexity index is 874. The zero-order valence-corrected chi connectivity index (χ0v) is 15.1. The van der Waals surface area contributed by atoms with E-state index in [1.807, 2.05) is 12.1 Å². The van der Waals surface area contributed by atoms with Gasteiger partial charge in [-0.25, -0.2) is 4.39 Å². The molecule has 26 heavy (non-hydrogen) atoms. The van der Waals surface area contributed by atoms with Gasteiger partial charge in [-0.3, -0.25) is 0 Å². The Morgan fingerprint density at radius 1 is 1.12 bits per heavy atom. The highest BCUT2D eigenvalue weighted by Gasteiger charge is 2.31. The van der Waals surface area contributed by atoms with E-state index in [-0.39, 0.29) is 18.5 Å². The van der Waals surface area contributed by atoms with Crippen LogP contribution in [0.25, 0.3) is 10.1 Å². The van der Waals surface area contributed by atoms with Crippen molar-refractivity contribution in [2.75, 3.05) is 6.61 Å². The fraction of sp³-hybridized carbons (Fsp3) is 0.333. The summed E-state index contributed by atoms with van der Waals surface area (Å²) < 4.78 is 21.4. The van der Waals surface area contributed by atoms with E-state index < -0.39 is 12.2 Å². The number of hydrogen-bond donors (Lipinski definition) is 2. The Labute approximate surface area is 155 Å². The second-order valence-electron chi connectivity index (χ2n) is 6.78. The molecular weight excluding hydrogens is 351 g/mol. The molecule has 5 heteroatoms. The molecular formula is C21H21FO3S. The third-order valence-corrected chi connectivity index (χ3v) is 6.03. The number of ether oxygens (including phenoxy) is 1. The molecule has 2 aromatic carbocycles. The van der Waals surface area contributed by atoms with Crippen LogP contribution in [0, 0.1) is 5.82 Å². The number of benzene rings is 2. The molecule has 3 nitrogen and oxygen atoms in total. The normalized spacial score (nSPS) is 23.4. The lowest BCUT2D eigenvalue weighted by Gasteiger charge is -2.33. The Morgan fingerprint density at radius 2 is 1.96 bits per heavy atom. The lowest BCUT2D eigenvalue weighted by Crippen LogP contribution is -2.34. The summed E-state index contributed by atoms with van der Waals surface area (Å²) in [5.74, 6) is -0.254. The molecule has 0 radical (unpaired) electrons. The van der Waals surface area contributed by atoms with Crippen molar-refractivity contribution < 1.29 is 19.3 Å². The van der Waals surface area contributed by atoms with Crippen molar-refractivity contribution >= 4 is 21.4 Å². The van der Waals surface area contributed by atoms with Crippen molar-refractivity contribution in [1.29, 1.82) is 0 Å². The molecule has 3 aromatic rings. The summed E-state index contributed by atoms with van der Waals surface area (Å²) >= 11 is 1.67. The van der Waals surface area contributed by atoms with Crippen LogP contribution < -0.4 is 0 Å². The number of rotatable bonds is 4. The van der Waals surface area contributed by atoms with E-state index in [0.717, 1.165) is 10.4 Å². The Kier molecular flexibility index (Phi) is 5.05. The SMILES string of the molecule is OCC1CCC(O)C(c2ccc(F)c(Cc3cc4ccccc4s3)c2)O1. The van der Waals surface area contributed by atoms with Gasteiger partial charge in [-0.15, -0.1) is 11.3 Å². The second kappa shape index (κ2) is 7.45. The van der Waals surface area contributed by atoms with Crippen molar-refractivity contribution in [2.24, 2.45) is 0 Å². The molecule has 3 unspecified atom stereocenters. The first-order valence-corrected chi connectivity index (χ1v) is 9.66. The lowest BCUT2D eigenvalue weighted by atomic mass is 9.94. The predicted molar refractivity (Wildman–Crippen MR) is 101 cm³/mol. The summed E-state index contributed by atoms with van der Waals surface area (Å²) in [6, 6.07) is 15.1. The highest BCUT2D eigenvalue weighted by molar-refractivity contribution is 7.19. The topological polar surface area (TPSA) is 49.7 Å². The van der Waals surface area contributed by atoms with Gasteiger partial charge in [0.15, 0.2) is 0 Å². The highest BCUT2D eigenvalue weighted by atomic mass is 32.1. The van der Waals surface area contributed by atoms with Gasteiger partial charge >= 0.3 is 0 Å². The highest BCUT2D eigenvalue weighted by Crippen LogP contribution is 2.33. The van der Waals surface area contributed by atoms with Crippen molar-refractivity contribution in [3.05, 3.63) is 70.4 Å². The zero-order chi connectivity index (χ0) is 18.1. The molecule has 1 aliphatic rings. The van der Waals surface area contributed by atoms with Gasteiger partial charge in [0, 0.05) is 16.0 Å². The minimum absolute atomic E-state index is 0.0704. The number of thiophene rings is 1. The molecule has 3 atom stereocenters. The fourth-order valence-corrected chi connectivity index (χ4v) is 4.62. The van der Waals surface area contributed by atoms with E-state index >= 15 is 0 Å². The minimum atomic E-state index is -0.638. The van der Waals surface area contributed by atoms with Crippen molar-refractivity contribution in [3.63, 3.8) is 0 Å². The minimum Gasteiger partial charge on any atom is -0.394 e. The molecule has 2 N–H and O–H groups in total. The standard InChI is InChI=1S/C21H21FO3S/c22-18-7-5-14(21-19(24)8-6-16(12-23)25-21)9-15(18)11-17-10-13-3-1-2-4-20(13)26-17/h1-5,7,9-10,16,19,21,23-24H,6,8,11-12H2. The monoisotopic (exact) mass is 372 g/mol. The van der Waals surface area contributed by atoms with E-state index in [4.69, 9.17) is 4.74 Å². The van der Waals surface area contributed by atoms with Gasteiger partial charge in [-0.2, -0.15) is 0 Å². The van der Waals surface area contributed by atoms with Crippen molar-refractivity contribution in [2.45, 2.75) is 37.6 Å². The second-order valence-corrected chi connectivity index (χ2v) is 7.95. The van der Waals surface area contributed by atoms with Crippen LogP contribution >= 0.6 is 11.3 Å². The number of aliphatic hydroxyl groups is 2. The average molecular weight is 372 g/mol. The summed E-state index contributed by atoms with van der Waals surface area (Å²) in [5, 5.41) is 20.8. The van der Waals surface area contributed by atoms with Gasteiger partial charge in [0.25, 0.3) is 0 Å². The number of halogens is 1. The molecule has 1 aromatic heterocycles. The van der Waals surface area contributed by atoms with Gasteiger partial charge in [-0.05, 0) is 53.6 Å². The molecule has 0 aliphatic carbocycles. The molecule has 0 saturated carbocycles. The van der Waals surface area contributed by atoms with Gasteiger partial charge in [0.2, 0.25) is 0 Å². The quantitative estimate of drug-likeness (QED) is 0.721. The first-order chi connectivity index (χ1) is 12.6. The lowest BCUT2D eigenvalue weighted by molar-refractivity contribution is -0.132. The maximum atomic E-state index is 14.4. The molecule has 1 aliphatic heterocycles. The number of aliphatic hydroxyl groups excluding tert-OH is 2. The summed E-state index contributed by atoms with van der Waals surface area (Å²) in [7, 11) is 0. The third-order valence-electron chi connectivity index (χ3n) is 4.92. The molecule has 0 spiro atoms. The van der Waals surface area contributed by atoms with Crippen LogP contribution in [0.15, 0.2) is 48.5 Å². The fourth-order valence-electron chi connectivity index (χ4n) is 3.53. The molecule has 0 bridgehead atoms. The first-order valence-electron chi connectivity index (χ1n) is 8.84. The van der Waals surface area contributed by atoms with Crippen molar-refractivity contribution in [3.8, 4) is 0 Å². The smallest absolute Gasteiger partial charge is 0.126 e. The molecule has 1 fully saturated rings. The summed E-state index contributed by atoms with van der Waals surface area (Å²) in [4.78, 5) is 1.10. The third kappa shape index (κ3) is 3.53. The van der Waals surface area contributed by atoms with Crippen LogP contribution in [0.1, 0.15) is 34.9 Å². The molecule has 136 valence electrons. The summed E-state index contributed by atoms with van der Waals surface area (Å²) in [5.41, 5.74) is 1.35. The van der Waals surface area contributed by atoms with E-state index in [1.54, 1.807) is 23.5 Å². The number of hydrogen-bond acceptors (Lipinski definition) is 4. The molecule has 4 rings (SSSR count). The van der Waals surface area contributed by atoms with Gasteiger partial charge < -0.3 is 14.9 Å². The Hall–Kier alpha value is -1.79. The molecule has 0 amide bonds. The van der Waals surface area contributed by atoms with Crippen molar-refractivity contribution in [1.82, 2.24) is 0 Å². The predicted octanol–water partition coefficient (Wildman–Crippen LogP) is 4.20. The van der Waals surface area contributed by atoms with Crippen LogP contribution in [0.2, 0.25) is 0 Å². The van der Waals surface area contributed by atoms with Crippen LogP contribution in [-0.2, 0) is 11.2 Å². The van der Waals surface area contributed by atoms with Crippen LogP contribution in [-0.4, -0.2) is 29.0 Å². The van der Waals surface area contributed by atoms with Crippen LogP contribution in [0.4, 0.5) is 4.39 Å². The average Bonchev–Trinajstić information content (AvgIpc) is 3.06. The largest absolute Gasteiger partial charge is 0.394 e. The van der Waals surface area contributed by atoms with E-state index in [1.165, 1.54) is 16.2 Å². The maximum Gasteiger partial charge on any atom is 0.126 e. The maximum absolute atomic E-state index is 14.4. The zero-order valence-electron chi connectivity index (χ0n) is 14.3. The van der Waals surface area contributed by atoms with Gasteiger partial charge in [-0.1, -0.05) is 24.3 Å². The molecule has 2 heterocycles. The first kappa shape index (κ1) is 17.6. The molecule has 1 saturated heterocycles. The van der Waals surface area contributed by atoms with Crippen LogP contribution in [0.3, 0.4) is 0 Å². The van der Waals surface area contributed by atoms with Crippen LogP contribution in [0.5, 0.6) is 0 Å². The van der Waals surface area contributed by atoms with E-state index in [2.05, 4.69) is 18.2 Å². The van der Waals surface area contributed by atoms with E-state index in [0.29, 0.717) is 24.8 Å². The summed E-state index contributed by atoms with van der Waals surface area (Å²) in [6.45, 7) is -0.0704. The summed E-state index contributed by atoms with van der Waals surface area (Å²) in [6.07, 6.45) is 0.261.